The molecule has 8 heteroatoms. The van der Waals surface area contributed by atoms with Crippen molar-refractivity contribution >= 4 is 0 Å². The normalized spacial score (nSPS) is 0. The summed E-state index contributed by atoms with van der Waals surface area (Å²) in [6.07, 6.45) is 0. The van der Waals surface area contributed by atoms with E-state index < -0.39 is 0 Å². The molecule has 40 valence electrons. The predicted octanol–water partition coefficient (Wildman–Crippen LogP) is -0.601. The maximum atomic E-state index is 0. The molecule has 0 heterocycles. The van der Waals surface area contributed by atoms with Crippen LogP contribution < -0.4 is 0 Å². The van der Waals surface area contributed by atoms with Gasteiger partial charge >= 0.3 is 62.9 Å². The fraction of sp³-hybridized carbons (Fsp3) is 0. The summed E-state index contributed by atoms with van der Waals surface area (Å²) in [5, 5.41) is 0. The summed E-state index contributed by atoms with van der Waals surface area (Å²) in [6.45, 7) is 0. The Morgan fingerprint density at radius 1 is 0.375 bits per heavy atom. The Labute approximate surface area is 89.7 Å². The molecule has 0 spiro atoms. The van der Waals surface area contributed by atoms with Crippen molar-refractivity contribution in [3.63, 3.8) is 0 Å². The number of hydrogen-bond donors (Lipinski definition) is 0. The zero-order chi connectivity index (χ0) is 0. The summed E-state index contributed by atoms with van der Waals surface area (Å²) >= 11 is 0. The minimum atomic E-state index is 0. The Morgan fingerprint density at radius 3 is 0.375 bits per heavy atom. The van der Waals surface area contributed by atoms with Gasteiger partial charge in [0.15, 0.2) is 0 Å². The van der Waals surface area contributed by atoms with Gasteiger partial charge in [-0.2, -0.15) is 0 Å². The second kappa shape index (κ2) is 159. The van der Waals surface area contributed by atoms with Crippen LogP contribution in [0.4, 0.5) is 0 Å². The smallest absolute Gasteiger partial charge is 2.00 e. The van der Waals surface area contributed by atoms with Crippen molar-refractivity contribution < 1.29 is 90.3 Å². The van der Waals surface area contributed by atoms with E-state index in [0.29, 0.717) is 0 Å². The molecule has 0 saturated heterocycles. The molecule has 0 atom stereocenters. The Hall–Kier alpha value is 1.85. The first-order valence-corrected chi connectivity index (χ1v) is 0. The van der Waals surface area contributed by atoms with Crippen LogP contribution in [0.15, 0.2) is 0 Å². The molecule has 0 unspecified atom stereocenters. The quantitative estimate of drug-likeness (QED) is 0.499. The molecule has 0 aromatic carbocycles. The van der Waals surface area contributed by atoms with Crippen LogP contribution in [0.3, 0.4) is 0 Å². The van der Waals surface area contributed by atoms with Crippen LogP contribution in [-0.2, 0) is 90.3 Å². The SMILES string of the molecule is [O-2].[O-2].[O-2].[O-2].[O-2].[Ti+4].[Ti+4].[Zn+2]. The molecule has 0 bridgehead atoms. The molecule has 0 N–H and O–H groups in total. The van der Waals surface area contributed by atoms with Crippen LogP contribution in [0, 0.1) is 0 Å². The Kier molecular flexibility index (Phi) is 4480. The molecule has 0 aliphatic heterocycles. The van der Waals surface area contributed by atoms with Crippen molar-refractivity contribution in [2.45, 2.75) is 0 Å². The van der Waals surface area contributed by atoms with Crippen molar-refractivity contribution in [1.29, 1.82) is 0 Å². The largest absolute Gasteiger partial charge is 4.00 e. The van der Waals surface area contributed by atoms with E-state index in [1.54, 1.807) is 0 Å². The van der Waals surface area contributed by atoms with Crippen LogP contribution in [-0.4, -0.2) is 0 Å². The average molecular weight is 241 g/mol. The Bertz CT molecular complexity index is 10.4. The van der Waals surface area contributed by atoms with Crippen LogP contribution in [0.1, 0.15) is 0 Å². The number of rotatable bonds is 0. The maximum Gasteiger partial charge on any atom is 4.00 e. The van der Waals surface area contributed by atoms with Crippen LogP contribution in [0.5, 0.6) is 0 Å². The topological polar surface area (TPSA) is 142 Å². The first kappa shape index (κ1) is 225. The third-order valence-electron chi connectivity index (χ3n) is 0. The molecule has 0 aliphatic carbocycles. The van der Waals surface area contributed by atoms with Crippen LogP contribution in [0.2, 0.25) is 0 Å². The second-order valence-electron chi connectivity index (χ2n) is 0. The zero-order valence-electron chi connectivity index (χ0n) is 3.75. The molecule has 5 nitrogen and oxygen atoms in total. The van der Waals surface area contributed by atoms with Gasteiger partial charge in [0.25, 0.3) is 0 Å². The van der Waals surface area contributed by atoms with Crippen LogP contribution in [0.25, 0.3) is 0 Å². The molecular formula is O5Ti2Zn. The standard InChI is InChI=1S/5O.2Ti.Zn/q5*-2;2*+4;+2. The molecule has 0 rings (SSSR count). The average Bonchev–Trinajstić information content (AvgIpc) is 0. The van der Waals surface area contributed by atoms with E-state index in [2.05, 4.69) is 0 Å². The van der Waals surface area contributed by atoms with Crippen molar-refractivity contribution in [3.8, 4) is 0 Å². The van der Waals surface area contributed by atoms with Crippen molar-refractivity contribution in [2.75, 3.05) is 0 Å². The van der Waals surface area contributed by atoms with E-state index in [1.165, 1.54) is 0 Å². The summed E-state index contributed by atoms with van der Waals surface area (Å²) in [4.78, 5) is 0. The number of hydrogen-bond acceptors (Lipinski definition) is 0. The first-order chi connectivity index (χ1) is 0. The van der Waals surface area contributed by atoms with Crippen molar-refractivity contribution in [2.24, 2.45) is 0 Å². The van der Waals surface area contributed by atoms with Gasteiger partial charge in [0.2, 0.25) is 0 Å². The minimum Gasteiger partial charge on any atom is -2.00 e. The summed E-state index contributed by atoms with van der Waals surface area (Å²) in [6, 6.07) is 0. The van der Waals surface area contributed by atoms with Gasteiger partial charge in [0.1, 0.15) is 0 Å². The van der Waals surface area contributed by atoms with Gasteiger partial charge in [-0.3, -0.25) is 0 Å². The van der Waals surface area contributed by atoms with Gasteiger partial charge < -0.3 is 27.4 Å². The van der Waals surface area contributed by atoms with Crippen LogP contribution >= 0.6 is 0 Å². The maximum absolute atomic E-state index is 0. The van der Waals surface area contributed by atoms with E-state index in [1.807, 2.05) is 0 Å². The fourth-order valence-corrected chi connectivity index (χ4v) is 0. The molecule has 8 heavy (non-hydrogen) atoms. The molecule has 0 aromatic rings. The van der Waals surface area contributed by atoms with Gasteiger partial charge in [-0.1, -0.05) is 0 Å². The van der Waals surface area contributed by atoms with Gasteiger partial charge in [0, 0.05) is 0 Å². The van der Waals surface area contributed by atoms with Gasteiger partial charge in [0.05, 0.1) is 0 Å². The van der Waals surface area contributed by atoms with E-state index in [9.17, 15) is 0 Å². The fourth-order valence-electron chi connectivity index (χ4n) is 0. The summed E-state index contributed by atoms with van der Waals surface area (Å²) in [5.41, 5.74) is 0. The third kappa shape index (κ3) is 107. The third-order valence-corrected chi connectivity index (χ3v) is 0. The van der Waals surface area contributed by atoms with Crippen molar-refractivity contribution in [1.82, 2.24) is 0 Å². The van der Waals surface area contributed by atoms with Gasteiger partial charge in [-0.25, -0.2) is 0 Å². The van der Waals surface area contributed by atoms with E-state index in [4.69, 9.17) is 0 Å². The van der Waals surface area contributed by atoms with Gasteiger partial charge in [-0.15, -0.1) is 0 Å². The predicted molar refractivity (Wildman–Crippen MR) is 3.43 cm³/mol. The molecule has 0 amide bonds. The molecule has 0 fully saturated rings. The zero-order valence-corrected chi connectivity index (χ0v) is 9.84. The Morgan fingerprint density at radius 2 is 0.375 bits per heavy atom. The second-order valence-corrected chi connectivity index (χ2v) is 0. The molecular weight excluding hydrogens is 241 g/mol. The molecule has 0 aliphatic rings. The van der Waals surface area contributed by atoms with Crippen molar-refractivity contribution in [3.05, 3.63) is 0 Å². The molecule has 0 aromatic heterocycles. The monoisotopic (exact) mass is 240 g/mol. The summed E-state index contributed by atoms with van der Waals surface area (Å²) in [5.74, 6) is 0. The summed E-state index contributed by atoms with van der Waals surface area (Å²) in [7, 11) is 0. The van der Waals surface area contributed by atoms with E-state index in [0.717, 1.165) is 0 Å². The molecule has 0 saturated carbocycles. The van der Waals surface area contributed by atoms with E-state index >= 15 is 0 Å². The van der Waals surface area contributed by atoms with Gasteiger partial charge in [-0.05, 0) is 0 Å². The minimum absolute atomic E-state index is 0. The Balaban J connectivity index is 0. The molecule has 0 radical (unpaired) electrons. The first-order valence-electron chi connectivity index (χ1n) is 0. The van der Waals surface area contributed by atoms with E-state index in [-0.39, 0.29) is 90.3 Å². The summed E-state index contributed by atoms with van der Waals surface area (Å²) < 4.78 is 0.